The van der Waals surface area contributed by atoms with E-state index in [1.807, 2.05) is 46.0 Å². The summed E-state index contributed by atoms with van der Waals surface area (Å²) in [6.45, 7) is 10.8. The van der Waals surface area contributed by atoms with Crippen LogP contribution in [0, 0.1) is 0 Å². The Morgan fingerprint density at radius 2 is 1.81 bits per heavy atom. The van der Waals surface area contributed by atoms with Crippen molar-refractivity contribution in [1.29, 1.82) is 0 Å². The summed E-state index contributed by atoms with van der Waals surface area (Å²) >= 11 is 0. The molecule has 0 bridgehead atoms. The Kier molecular flexibility index (Phi) is 9.26. The SMILES string of the molecule is Cn1c(C(=O)NCCCN2CCOCC2)cc2c(-c3ccc(NC(=O)[C@@H]4CCCN4C(=O)OC(C)(C)C)cc3)ncnc21. The van der Waals surface area contributed by atoms with Gasteiger partial charge >= 0.3 is 6.09 Å². The number of rotatable bonds is 8. The largest absolute Gasteiger partial charge is 0.444 e. The fourth-order valence-electron chi connectivity index (χ4n) is 5.52. The first-order valence-corrected chi connectivity index (χ1v) is 14.9. The van der Waals surface area contributed by atoms with Crippen LogP contribution in [0.25, 0.3) is 22.3 Å². The Morgan fingerprint density at radius 3 is 2.53 bits per heavy atom. The zero-order valence-corrected chi connectivity index (χ0v) is 25.4. The van der Waals surface area contributed by atoms with Crippen LogP contribution in [0.3, 0.4) is 0 Å². The number of amides is 3. The second kappa shape index (κ2) is 13.1. The van der Waals surface area contributed by atoms with Gasteiger partial charge in [0.25, 0.3) is 5.91 Å². The topological polar surface area (TPSA) is 131 Å². The minimum Gasteiger partial charge on any atom is -0.444 e. The molecule has 0 saturated carbocycles. The molecule has 4 heterocycles. The lowest BCUT2D eigenvalue weighted by atomic mass is 10.1. The van der Waals surface area contributed by atoms with Crippen molar-refractivity contribution in [2.45, 2.75) is 51.7 Å². The highest BCUT2D eigenvalue weighted by atomic mass is 16.6. The summed E-state index contributed by atoms with van der Waals surface area (Å²) in [5.74, 6) is -0.400. The first-order chi connectivity index (χ1) is 20.6. The van der Waals surface area contributed by atoms with E-state index in [0.29, 0.717) is 42.2 Å². The third-order valence-electron chi connectivity index (χ3n) is 7.71. The molecule has 2 N–H and O–H groups in total. The predicted molar refractivity (Wildman–Crippen MR) is 163 cm³/mol. The molecule has 0 unspecified atom stereocenters. The smallest absolute Gasteiger partial charge is 0.410 e. The number of hydrogen-bond acceptors (Lipinski definition) is 8. The number of anilines is 1. The molecule has 3 amide bonds. The summed E-state index contributed by atoms with van der Waals surface area (Å²) in [4.78, 5) is 51.5. The van der Waals surface area contributed by atoms with Gasteiger partial charge < -0.3 is 24.7 Å². The maximum absolute atomic E-state index is 13.1. The lowest BCUT2D eigenvalue weighted by Gasteiger charge is -2.28. The quantitative estimate of drug-likeness (QED) is 0.381. The summed E-state index contributed by atoms with van der Waals surface area (Å²) in [5, 5.41) is 6.73. The second-order valence-corrected chi connectivity index (χ2v) is 12.0. The van der Waals surface area contributed by atoms with Crippen molar-refractivity contribution < 1.29 is 23.9 Å². The third kappa shape index (κ3) is 7.31. The van der Waals surface area contributed by atoms with Crippen molar-refractivity contribution in [3.63, 3.8) is 0 Å². The van der Waals surface area contributed by atoms with E-state index in [2.05, 4.69) is 25.5 Å². The molecule has 1 aromatic carbocycles. The molecular formula is C31H41N7O5. The number of aryl methyl sites for hydroxylation is 1. The number of aromatic nitrogens is 3. The number of morpholine rings is 1. The van der Waals surface area contributed by atoms with Crippen LogP contribution in [-0.2, 0) is 21.3 Å². The number of carbonyl (C=O) groups is 3. The molecule has 230 valence electrons. The van der Waals surface area contributed by atoms with Crippen molar-refractivity contribution in [3.05, 3.63) is 42.4 Å². The number of benzene rings is 1. The molecule has 2 saturated heterocycles. The van der Waals surface area contributed by atoms with Gasteiger partial charge in [-0.15, -0.1) is 0 Å². The molecule has 2 fully saturated rings. The number of ether oxygens (including phenoxy) is 2. The standard InChI is InChI=1S/C31H41N7O5/c1-31(2,3)43-30(41)38-14-5-7-24(38)29(40)35-22-10-8-21(9-11-22)26-23-19-25(36(4)27(23)34-20-33-26)28(39)32-12-6-13-37-15-17-42-18-16-37/h8-11,19-20,24H,5-7,12-18H2,1-4H3,(H,32,39)(H,35,40)/t24-/m0/s1. The minimum absolute atomic E-state index is 0.154. The molecule has 43 heavy (non-hydrogen) atoms. The summed E-state index contributed by atoms with van der Waals surface area (Å²) < 4.78 is 12.7. The Labute approximate surface area is 251 Å². The fraction of sp³-hybridized carbons (Fsp3) is 0.516. The normalized spacial score (nSPS) is 17.7. The molecule has 12 heteroatoms. The van der Waals surface area contributed by atoms with Gasteiger partial charge in [-0.3, -0.25) is 19.4 Å². The maximum atomic E-state index is 13.1. The Hall–Kier alpha value is -4.03. The molecular weight excluding hydrogens is 550 g/mol. The minimum atomic E-state index is -0.630. The fourth-order valence-corrected chi connectivity index (χ4v) is 5.52. The van der Waals surface area contributed by atoms with Crippen LogP contribution >= 0.6 is 0 Å². The zero-order valence-electron chi connectivity index (χ0n) is 25.4. The molecule has 1 atom stereocenters. The molecule has 0 aliphatic carbocycles. The maximum Gasteiger partial charge on any atom is 0.410 e. The average Bonchev–Trinajstić information content (AvgIpc) is 3.61. The van der Waals surface area contributed by atoms with E-state index in [9.17, 15) is 14.4 Å². The summed E-state index contributed by atoms with van der Waals surface area (Å²) in [6, 6.07) is 8.59. The highest BCUT2D eigenvalue weighted by molar-refractivity contribution is 6.02. The van der Waals surface area contributed by atoms with Crippen LogP contribution in [0.4, 0.5) is 10.5 Å². The molecule has 5 rings (SSSR count). The van der Waals surface area contributed by atoms with Crippen LogP contribution in [-0.4, -0.2) is 99.8 Å². The summed E-state index contributed by atoms with van der Waals surface area (Å²) in [7, 11) is 1.82. The Balaban J connectivity index is 1.23. The van der Waals surface area contributed by atoms with Crippen molar-refractivity contribution >= 4 is 34.6 Å². The van der Waals surface area contributed by atoms with Crippen molar-refractivity contribution in [3.8, 4) is 11.3 Å². The number of hydrogen-bond donors (Lipinski definition) is 2. The number of carbonyl (C=O) groups excluding carboxylic acids is 3. The summed E-state index contributed by atoms with van der Waals surface area (Å²) in [6.07, 6.45) is 3.20. The summed E-state index contributed by atoms with van der Waals surface area (Å²) in [5.41, 5.74) is 2.67. The highest BCUT2D eigenvalue weighted by Gasteiger charge is 2.36. The number of nitrogens with one attached hydrogen (secondary N) is 2. The average molecular weight is 592 g/mol. The van der Waals surface area contributed by atoms with E-state index < -0.39 is 17.7 Å². The van der Waals surface area contributed by atoms with Crippen LogP contribution < -0.4 is 10.6 Å². The van der Waals surface area contributed by atoms with E-state index in [-0.39, 0.29) is 11.8 Å². The monoisotopic (exact) mass is 591 g/mol. The van der Waals surface area contributed by atoms with Gasteiger partial charge in [-0.25, -0.2) is 14.8 Å². The van der Waals surface area contributed by atoms with E-state index in [0.717, 1.165) is 56.6 Å². The number of fused-ring (bicyclic) bond motifs is 1. The van der Waals surface area contributed by atoms with Gasteiger partial charge in [0, 0.05) is 49.9 Å². The van der Waals surface area contributed by atoms with Gasteiger partial charge in [-0.2, -0.15) is 0 Å². The first-order valence-electron chi connectivity index (χ1n) is 14.9. The van der Waals surface area contributed by atoms with Gasteiger partial charge in [-0.1, -0.05) is 12.1 Å². The van der Waals surface area contributed by atoms with E-state index in [4.69, 9.17) is 9.47 Å². The van der Waals surface area contributed by atoms with E-state index in [1.54, 1.807) is 16.7 Å². The second-order valence-electron chi connectivity index (χ2n) is 12.0. The lowest BCUT2D eigenvalue weighted by molar-refractivity contribution is -0.120. The Morgan fingerprint density at radius 1 is 1.07 bits per heavy atom. The predicted octanol–water partition coefficient (Wildman–Crippen LogP) is 3.43. The van der Waals surface area contributed by atoms with Crippen LogP contribution in [0.15, 0.2) is 36.7 Å². The first kappa shape index (κ1) is 30.4. The molecule has 2 aliphatic heterocycles. The van der Waals surface area contributed by atoms with Gasteiger partial charge in [0.05, 0.1) is 18.9 Å². The van der Waals surface area contributed by atoms with Crippen LogP contribution in [0.2, 0.25) is 0 Å². The molecule has 2 aromatic heterocycles. The van der Waals surface area contributed by atoms with Crippen molar-refractivity contribution in [2.75, 3.05) is 51.3 Å². The van der Waals surface area contributed by atoms with Gasteiger partial charge in [0.1, 0.15) is 29.3 Å². The van der Waals surface area contributed by atoms with Crippen molar-refractivity contribution in [2.24, 2.45) is 7.05 Å². The van der Waals surface area contributed by atoms with Crippen LogP contribution in [0.1, 0.15) is 50.5 Å². The molecule has 2 aliphatic rings. The number of nitrogens with zero attached hydrogens (tertiary/aromatic N) is 5. The van der Waals surface area contributed by atoms with Crippen LogP contribution in [0.5, 0.6) is 0 Å². The number of likely N-dealkylation sites (tertiary alicyclic amines) is 1. The Bertz CT molecular complexity index is 1460. The van der Waals surface area contributed by atoms with E-state index in [1.165, 1.54) is 11.2 Å². The molecule has 12 nitrogen and oxygen atoms in total. The van der Waals surface area contributed by atoms with Gasteiger partial charge in [-0.05, 0) is 64.8 Å². The van der Waals surface area contributed by atoms with Crippen molar-refractivity contribution in [1.82, 2.24) is 29.7 Å². The molecule has 0 spiro atoms. The lowest BCUT2D eigenvalue weighted by Crippen LogP contribution is -2.45. The zero-order chi connectivity index (χ0) is 30.6. The van der Waals surface area contributed by atoms with Gasteiger partial charge in [0.2, 0.25) is 5.91 Å². The molecule has 3 aromatic rings. The third-order valence-corrected chi connectivity index (χ3v) is 7.71. The van der Waals surface area contributed by atoms with E-state index >= 15 is 0 Å². The molecule has 0 radical (unpaired) electrons. The highest BCUT2D eigenvalue weighted by Crippen LogP contribution is 2.29. The van der Waals surface area contributed by atoms with Gasteiger partial charge in [0.15, 0.2) is 0 Å².